The number of carbonyl (C=O) groups excluding carboxylic acids is 2. The molecule has 2 heterocycles. The van der Waals surface area contributed by atoms with E-state index in [9.17, 15) is 14.9 Å². The van der Waals surface area contributed by atoms with Crippen LogP contribution in [-0.4, -0.2) is 29.0 Å². The number of amides is 2. The van der Waals surface area contributed by atoms with Gasteiger partial charge in [0.25, 0.3) is 5.91 Å². The maximum atomic E-state index is 13.8. The van der Waals surface area contributed by atoms with Crippen LogP contribution in [0.15, 0.2) is 42.5 Å². The average Bonchev–Trinajstić information content (AvgIpc) is 3.25. The van der Waals surface area contributed by atoms with E-state index in [2.05, 4.69) is 6.07 Å². The lowest BCUT2D eigenvalue weighted by atomic mass is 10.0. The van der Waals surface area contributed by atoms with Gasteiger partial charge in [0, 0.05) is 28.8 Å². The van der Waals surface area contributed by atoms with E-state index in [1.54, 1.807) is 34.1 Å². The van der Waals surface area contributed by atoms with Crippen molar-refractivity contribution in [2.75, 3.05) is 17.2 Å². The van der Waals surface area contributed by atoms with Crippen molar-refractivity contribution < 1.29 is 9.59 Å². The molecular formula is C22H20ClN3O2S. The molecule has 1 fully saturated rings. The molecule has 0 aliphatic carbocycles. The SMILES string of the molecule is CC(C)C(=O)N1CCSC12C(=O)N(Cc1cccc(C#N)c1)c1ccc(Cl)cc12. The summed E-state index contributed by atoms with van der Waals surface area (Å²) in [5, 5.41) is 9.72. The molecule has 0 saturated carbocycles. The first-order chi connectivity index (χ1) is 13.9. The van der Waals surface area contributed by atoms with Crippen LogP contribution in [0.4, 0.5) is 5.69 Å². The van der Waals surface area contributed by atoms with E-state index in [1.807, 2.05) is 32.0 Å². The minimum absolute atomic E-state index is 0.0393. The number of fused-ring (bicyclic) bond motifs is 2. The summed E-state index contributed by atoms with van der Waals surface area (Å²) in [5.41, 5.74) is 2.94. The highest BCUT2D eigenvalue weighted by atomic mass is 35.5. The summed E-state index contributed by atoms with van der Waals surface area (Å²) in [5.74, 6) is 0.312. The third kappa shape index (κ3) is 3.09. The molecular weight excluding hydrogens is 406 g/mol. The maximum Gasteiger partial charge on any atom is 0.268 e. The van der Waals surface area contributed by atoms with Crippen molar-refractivity contribution >= 4 is 40.9 Å². The molecule has 0 radical (unpaired) electrons. The van der Waals surface area contributed by atoms with Gasteiger partial charge in [0.15, 0.2) is 4.87 Å². The van der Waals surface area contributed by atoms with Gasteiger partial charge in [-0.05, 0) is 35.9 Å². The first kappa shape index (κ1) is 19.8. The number of anilines is 1. The van der Waals surface area contributed by atoms with E-state index in [-0.39, 0.29) is 17.7 Å². The molecule has 2 aromatic rings. The number of nitriles is 1. The van der Waals surface area contributed by atoms with Crippen LogP contribution in [0.3, 0.4) is 0 Å². The Hall–Kier alpha value is -2.49. The maximum absolute atomic E-state index is 13.8. The van der Waals surface area contributed by atoms with E-state index in [0.29, 0.717) is 29.4 Å². The molecule has 2 aliphatic heterocycles. The lowest BCUT2D eigenvalue weighted by Gasteiger charge is -2.34. The van der Waals surface area contributed by atoms with Crippen molar-refractivity contribution in [2.24, 2.45) is 5.92 Å². The minimum Gasteiger partial charge on any atom is -0.315 e. The Morgan fingerprint density at radius 3 is 2.83 bits per heavy atom. The summed E-state index contributed by atoms with van der Waals surface area (Å²) in [7, 11) is 0. The standard InChI is InChI=1S/C22H20ClN3O2S/c1-14(2)20(27)26-8-9-29-22(26)18-11-17(23)6-7-19(18)25(21(22)28)13-16-5-3-4-15(10-16)12-24/h3-7,10-11,14H,8-9,13H2,1-2H3. The Morgan fingerprint density at radius 2 is 2.10 bits per heavy atom. The number of rotatable bonds is 3. The topological polar surface area (TPSA) is 64.4 Å². The molecule has 0 bridgehead atoms. The van der Waals surface area contributed by atoms with Crippen LogP contribution in [0.5, 0.6) is 0 Å². The van der Waals surface area contributed by atoms with Gasteiger partial charge in [-0.25, -0.2) is 0 Å². The fourth-order valence-electron chi connectivity index (χ4n) is 4.00. The normalized spacial score (nSPS) is 20.4. The van der Waals surface area contributed by atoms with Crippen LogP contribution in [0.2, 0.25) is 5.02 Å². The van der Waals surface area contributed by atoms with Gasteiger partial charge in [-0.2, -0.15) is 5.26 Å². The molecule has 7 heteroatoms. The summed E-state index contributed by atoms with van der Waals surface area (Å²) in [6, 6.07) is 14.8. The Morgan fingerprint density at radius 1 is 1.31 bits per heavy atom. The number of hydrogen-bond acceptors (Lipinski definition) is 4. The van der Waals surface area contributed by atoms with Gasteiger partial charge in [-0.1, -0.05) is 37.6 Å². The van der Waals surface area contributed by atoms with Crippen LogP contribution in [-0.2, 0) is 21.0 Å². The smallest absolute Gasteiger partial charge is 0.268 e. The van der Waals surface area contributed by atoms with Gasteiger partial charge in [0.05, 0.1) is 23.9 Å². The van der Waals surface area contributed by atoms with Crippen molar-refractivity contribution in [3.05, 3.63) is 64.2 Å². The molecule has 0 N–H and O–H groups in total. The number of nitrogens with zero attached hydrogens (tertiary/aromatic N) is 3. The highest BCUT2D eigenvalue weighted by Crippen LogP contribution is 2.55. The average molecular weight is 426 g/mol. The van der Waals surface area contributed by atoms with E-state index < -0.39 is 4.87 Å². The van der Waals surface area contributed by atoms with Crippen molar-refractivity contribution in [3.8, 4) is 6.07 Å². The third-order valence-electron chi connectivity index (χ3n) is 5.31. The fourth-order valence-corrected chi connectivity index (χ4v) is 5.63. The Bertz CT molecular complexity index is 1050. The van der Waals surface area contributed by atoms with Crippen LogP contribution in [0.1, 0.15) is 30.5 Å². The molecule has 4 rings (SSSR count). The quantitative estimate of drug-likeness (QED) is 0.741. The van der Waals surface area contributed by atoms with Gasteiger partial charge >= 0.3 is 0 Å². The predicted octanol–water partition coefficient (Wildman–Crippen LogP) is 4.14. The Balaban J connectivity index is 1.81. The third-order valence-corrected chi connectivity index (χ3v) is 6.97. The zero-order chi connectivity index (χ0) is 20.8. The van der Waals surface area contributed by atoms with Crippen molar-refractivity contribution in [1.29, 1.82) is 5.26 Å². The zero-order valence-corrected chi connectivity index (χ0v) is 17.8. The van der Waals surface area contributed by atoms with E-state index in [0.717, 1.165) is 16.8 Å². The van der Waals surface area contributed by atoms with Gasteiger partial charge in [0.1, 0.15) is 0 Å². The largest absolute Gasteiger partial charge is 0.315 e. The predicted molar refractivity (Wildman–Crippen MR) is 114 cm³/mol. The van der Waals surface area contributed by atoms with Gasteiger partial charge < -0.3 is 9.80 Å². The number of hydrogen-bond donors (Lipinski definition) is 0. The fraction of sp³-hybridized carbons (Fsp3) is 0.318. The monoisotopic (exact) mass is 425 g/mol. The van der Waals surface area contributed by atoms with Crippen LogP contribution >= 0.6 is 23.4 Å². The number of benzene rings is 2. The van der Waals surface area contributed by atoms with Crippen molar-refractivity contribution in [2.45, 2.75) is 25.3 Å². The van der Waals surface area contributed by atoms with Gasteiger partial charge in [-0.15, -0.1) is 11.8 Å². The Labute approximate surface area is 179 Å². The Kier molecular flexibility index (Phi) is 5.05. The molecule has 148 valence electrons. The summed E-state index contributed by atoms with van der Waals surface area (Å²) in [4.78, 5) is 29.1. The second kappa shape index (κ2) is 7.40. The molecule has 1 saturated heterocycles. The molecule has 29 heavy (non-hydrogen) atoms. The lowest BCUT2D eigenvalue weighted by Crippen LogP contribution is -2.51. The molecule has 2 amide bonds. The highest BCUT2D eigenvalue weighted by molar-refractivity contribution is 8.01. The number of thioether (sulfide) groups is 1. The van der Waals surface area contributed by atoms with Crippen LogP contribution in [0, 0.1) is 17.2 Å². The number of halogens is 1. The molecule has 1 spiro atoms. The number of carbonyl (C=O) groups is 2. The first-order valence-corrected chi connectivity index (χ1v) is 10.8. The molecule has 2 aromatic carbocycles. The second-order valence-corrected chi connectivity index (χ2v) is 9.23. The van der Waals surface area contributed by atoms with E-state index in [4.69, 9.17) is 11.6 Å². The minimum atomic E-state index is -1.07. The van der Waals surface area contributed by atoms with E-state index in [1.165, 1.54) is 11.8 Å². The molecule has 5 nitrogen and oxygen atoms in total. The molecule has 2 aliphatic rings. The van der Waals surface area contributed by atoms with Crippen molar-refractivity contribution in [1.82, 2.24) is 4.90 Å². The van der Waals surface area contributed by atoms with Gasteiger partial charge in [0.2, 0.25) is 5.91 Å². The van der Waals surface area contributed by atoms with Crippen LogP contribution in [0.25, 0.3) is 0 Å². The molecule has 1 unspecified atom stereocenters. The zero-order valence-electron chi connectivity index (χ0n) is 16.2. The molecule has 0 aromatic heterocycles. The lowest BCUT2D eigenvalue weighted by molar-refractivity contribution is -0.142. The van der Waals surface area contributed by atoms with E-state index >= 15 is 0 Å². The summed E-state index contributed by atoms with van der Waals surface area (Å²) in [6.07, 6.45) is 0. The first-order valence-electron chi connectivity index (χ1n) is 9.45. The van der Waals surface area contributed by atoms with Crippen LogP contribution < -0.4 is 4.90 Å². The summed E-state index contributed by atoms with van der Waals surface area (Å²) >= 11 is 7.78. The summed E-state index contributed by atoms with van der Waals surface area (Å²) in [6.45, 7) is 4.55. The molecule has 1 atom stereocenters. The van der Waals surface area contributed by atoms with Gasteiger partial charge in [-0.3, -0.25) is 9.59 Å². The summed E-state index contributed by atoms with van der Waals surface area (Å²) < 4.78 is 0. The van der Waals surface area contributed by atoms with Crippen molar-refractivity contribution in [3.63, 3.8) is 0 Å². The highest BCUT2D eigenvalue weighted by Gasteiger charge is 2.59. The second-order valence-electron chi connectivity index (χ2n) is 7.50.